The number of hydrogen-bond acceptors (Lipinski definition) is 4. The van der Waals surface area contributed by atoms with Crippen molar-refractivity contribution in [3.63, 3.8) is 0 Å². The summed E-state index contributed by atoms with van der Waals surface area (Å²) in [6, 6.07) is 12.8. The van der Waals surface area contributed by atoms with Crippen LogP contribution in [0.1, 0.15) is 30.7 Å². The third-order valence-electron chi connectivity index (χ3n) is 5.86. The standard InChI is InChI=1S/C21H21N5/c22-13-15-4-6-16(7-5-15)17-12-19-21(23-14-17)24-20-8-9-25(10-11-26(19)20)18-2-1-3-18/h4-7,12,14,18H,1-3,8-11H2. The molecule has 1 aromatic carbocycles. The van der Waals surface area contributed by atoms with E-state index in [9.17, 15) is 0 Å². The Balaban J connectivity index is 1.49. The van der Waals surface area contributed by atoms with E-state index in [1.807, 2.05) is 30.5 Å². The number of aromatic nitrogens is 3. The van der Waals surface area contributed by atoms with Crippen molar-refractivity contribution >= 4 is 11.2 Å². The van der Waals surface area contributed by atoms with Crippen LogP contribution < -0.4 is 0 Å². The molecule has 5 rings (SSSR count). The lowest BCUT2D eigenvalue weighted by molar-refractivity contribution is 0.130. The van der Waals surface area contributed by atoms with E-state index in [1.54, 1.807) is 0 Å². The molecule has 0 bridgehead atoms. The van der Waals surface area contributed by atoms with Crippen LogP contribution in [0.25, 0.3) is 22.3 Å². The molecule has 3 aromatic rings. The summed E-state index contributed by atoms with van der Waals surface area (Å²) in [4.78, 5) is 12.0. The lowest BCUT2D eigenvalue weighted by Crippen LogP contribution is -2.41. The Hall–Kier alpha value is -2.71. The fourth-order valence-electron chi connectivity index (χ4n) is 4.09. The summed E-state index contributed by atoms with van der Waals surface area (Å²) in [6.45, 7) is 3.20. The largest absolute Gasteiger partial charge is 0.325 e. The van der Waals surface area contributed by atoms with Crippen molar-refractivity contribution in [2.75, 3.05) is 13.1 Å². The molecule has 1 fully saturated rings. The quantitative estimate of drug-likeness (QED) is 0.716. The molecule has 2 aliphatic rings. The summed E-state index contributed by atoms with van der Waals surface area (Å²) >= 11 is 0. The predicted molar refractivity (Wildman–Crippen MR) is 101 cm³/mol. The van der Waals surface area contributed by atoms with Gasteiger partial charge < -0.3 is 4.57 Å². The SMILES string of the molecule is N#Cc1ccc(-c2cnc3nc4n(c3c2)CCN(C2CCC2)CC4)cc1. The van der Waals surface area contributed by atoms with E-state index in [0.29, 0.717) is 5.56 Å². The molecular formula is C21H21N5. The van der Waals surface area contributed by atoms with Crippen LogP contribution in [-0.4, -0.2) is 38.6 Å². The molecule has 0 unspecified atom stereocenters. The molecular weight excluding hydrogens is 322 g/mol. The number of hydrogen-bond donors (Lipinski definition) is 0. The van der Waals surface area contributed by atoms with Crippen LogP contribution in [-0.2, 0) is 13.0 Å². The number of fused-ring (bicyclic) bond motifs is 3. The number of rotatable bonds is 2. The van der Waals surface area contributed by atoms with Crippen LogP contribution in [0, 0.1) is 11.3 Å². The molecule has 2 aromatic heterocycles. The summed E-state index contributed by atoms with van der Waals surface area (Å²) in [7, 11) is 0. The first-order valence-corrected chi connectivity index (χ1v) is 9.41. The van der Waals surface area contributed by atoms with Gasteiger partial charge in [0.05, 0.1) is 17.1 Å². The van der Waals surface area contributed by atoms with E-state index in [2.05, 4.69) is 26.6 Å². The minimum absolute atomic E-state index is 0.678. The van der Waals surface area contributed by atoms with Gasteiger partial charge in [0.25, 0.3) is 0 Å². The van der Waals surface area contributed by atoms with Crippen LogP contribution in [0.2, 0.25) is 0 Å². The lowest BCUT2D eigenvalue weighted by atomic mass is 9.91. The molecule has 0 N–H and O–H groups in total. The monoisotopic (exact) mass is 343 g/mol. The van der Waals surface area contributed by atoms with E-state index < -0.39 is 0 Å². The molecule has 3 heterocycles. The Morgan fingerprint density at radius 2 is 1.88 bits per heavy atom. The first kappa shape index (κ1) is 15.5. The van der Waals surface area contributed by atoms with Crippen molar-refractivity contribution in [1.82, 2.24) is 19.4 Å². The van der Waals surface area contributed by atoms with E-state index in [0.717, 1.165) is 60.2 Å². The summed E-state index contributed by atoms with van der Waals surface area (Å²) in [6.07, 6.45) is 6.98. The van der Waals surface area contributed by atoms with Crippen molar-refractivity contribution in [3.05, 3.63) is 47.9 Å². The Kier molecular flexibility index (Phi) is 3.72. The van der Waals surface area contributed by atoms with Gasteiger partial charge in [0.15, 0.2) is 5.65 Å². The second kappa shape index (κ2) is 6.22. The normalized spacial score (nSPS) is 18.1. The molecule has 0 spiro atoms. The number of nitrogens with zero attached hydrogens (tertiary/aromatic N) is 5. The van der Waals surface area contributed by atoms with Gasteiger partial charge in [-0.15, -0.1) is 0 Å². The molecule has 26 heavy (non-hydrogen) atoms. The average Bonchev–Trinajstić information content (AvgIpc) is 2.86. The van der Waals surface area contributed by atoms with Crippen LogP contribution in [0.4, 0.5) is 0 Å². The van der Waals surface area contributed by atoms with Gasteiger partial charge in [0.1, 0.15) is 5.82 Å². The predicted octanol–water partition coefficient (Wildman–Crippen LogP) is 3.38. The molecule has 0 amide bonds. The summed E-state index contributed by atoms with van der Waals surface area (Å²) in [5.41, 5.74) is 4.80. The van der Waals surface area contributed by atoms with Crippen molar-refractivity contribution in [2.24, 2.45) is 0 Å². The van der Waals surface area contributed by atoms with Crippen molar-refractivity contribution in [1.29, 1.82) is 5.26 Å². The van der Waals surface area contributed by atoms with Crippen molar-refractivity contribution < 1.29 is 0 Å². The first-order valence-electron chi connectivity index (χ1n) is 9.41. The number of nitriles is 1. The maximum Gasteiger partial charge on any atom is 0.177 e. The highest BCUT2D eigenvalue weighted by Gasteiger charge is 2.27. The smallest absolute Gasteiger partial charge is 0.177 e. The highest BCUT2D eigenvalue weighted by Crippen LogP contribution is 2.28. The van der Waals surface area contributed by atoms with E-state index in [-0.39, 0.29) is 0 Å². The third-order valence-corrected chi connectivity index (χ3v) is 5.86. The zero-order valence-corrected chi connectivity index (χ0v) is 14.7. The number of pyridine rings is 1. The van der Waals surface area contributed by atoms with Gasteiger partial charge >= 0.3 is 0 Å². The van der Waals surface area contributed by atoms with Gasteiger partial charge in [-0.1, -0.05) is 18.6 Å². The Labute approximate surface area is 152 Å². The second-order valence-electron chi connectivity index (χ2n) is 7.31. The van der Waals surface area contributed by atoms with Gasteiger partial charge in [-0.2, -0.15) is 5.26 Å². The first-order chi connectivity index (χ1) is 12.8. The van der Waals surface area contributed by atoms with Gasteiger partial charge in [0, 0.05) is 43.9 Å². The van der Waals surface area contributed by atoms with Gasteiger partial charge in [-0.05, 0) is 36.6 Å². The molecule has 5 heteroatoms. The van der Waals surface area contributed by atoms with Gasteiger partial charge in [-0.3, -0.25) is 4.90 Å². The molecule has 1 aliphatic heterocycles. The summed E-state index contributed by atoms with van der Waals surface area (Å²) in [5, 5.41) is 8.98. The Morgan fingerprint density at radius 1 is 1.04 bits per heavy atom. The minimum atomic E-state index is 0.678. The second-order valence-corrected chi connectivity index (χ2v) is 7.31. The molecule has 5 nitrogen and oxygen atoms in total. The highest BCUT2D eigenvalue weighted by atomic mass is 15.2. The highest BCUT2D eigenvalue weighted by molar-refractivity contribution is 5.79. The van der Waals surface area contributed by atoms with Gasteiger partial charge in [0.2, 0.25) is 0 Å². The zero-order valence-electron chi connectivity index (χ0n) is 14.7. The van der Waals surface area contributed by atoms with Crippen LogP contribution in [0.3, 0.4) is 0 Å². The van der Waals surface area contributed by atoms with E-state index in [4.69, 9.17) is 10.2 Å². The van der Waals surface area contributed by atoms with Crippen LogP contribution in [0.15, 0.2) is 36.5 Å². The minimum Gasteiger partial charge on any atom is -0.325 e. The summed E-state index contributed by atoms with van der Waals surface area (Å²) in [5.74, 6) is 1.16. The maximum atomic E-state index is 8.98. The average molecular weight is 343 g/mol. The fraction of sp³-hybridized carbons (Fsp3) is 0.381. The Bertz CT molecular complexity index is 992. The van der Waals surface area contributed by atoms with Crippen LogP contribution in [0.5, 0.6) is 0 Å². The third kappa shape index (κ3) is 2.58. The number of benzene rings is 1. The zero-order chi connectivity index (χ0) is 17.5. The van der Waals surface area contributed by atoms with Gasteiger partial charge in [-0.25, -0.2) is 9.97 Å². The lowest BCUT2D eigenvalue weighted by Gasteiger charge is -2.36. The number of imidazole rings is 1. The fourth-order valence-corrected chi connectivity index (χ4v) is 4.09. The molecule has 130 valence electrons. The Morgan fingerprint density at radius 3 is 2.62 bits per heavy atom. The van der Waals surface area contributed by atoms with Crippen LogP contribution >= 0.6 is 0 Å². The van der Waals surface area contributed by atoms with Crippen molar-refractivity contribution in [2.45, 2.75) is 38.3 Å². The molecule has 0 atom stereocenters. The molecule has 0 radical (unpaired) electrons. The molecule has 1 saturated carbocycles. The molecule has 0 saturated heterocycles. The van der Waals surface area contributed by atoms with E-state index in [1.165, 1.54) is 19.3 Å². The van der Waals surface area contributed by atoms with E-state index >= 15 is 0 Å². The van der Waals surface area contributed by atoms with Crippen molar-refractivity contribution in [3.8, 4) is 17.2 Å². The topological polar surface area (TPSA) is 57.7 Å². The maximum absolute atomic E-state index is 8.98. The molecule has 1 aliphatic carbocycles. The summed E-state index contributed by atoms with van der Waals surface area (Å²) < 4.78 is 2.36.